The minimum absolute atomic E-state index is 0.796. The highest BCUT2D eigenvalue weighted by Gasteiger charge is 2.02. The zero-order valence-corrected chi connectivity index (χ0v) is 9.32. The number of hydrogen-bond donors (Lipinski definition) is 1. The van der Waals surface area contributed by atoms with Crippen LogP contribution in [-0.2, 0) is 0 Å². The van der Waals surface area contributed by atoms with Gasteiger partial charge in [-0.25, -0.2) is 0 Å². The smallest absolute Gasteiger partial charge is 0.0934 e. The summed E-state index contributed by atoms with van der Waals surface area (Å²) in [5.41, 5.74) is 8.88. The summed E-state index contributed by atoms with van der Waals surface area (Å²) < 4.78 is 0.806. The van der Waals surface area contributed by atoms with Gasteiger partial charge in [-0.3, -0.25) is 0 Å². The van der Waals surface area contributed by atoms with Gasteiger partial charge >= 0.3 is 0 Å². The Morgan fingerprint density at radius 1 is 1.21 bits per heavy atom. The van der Waals surface area contributed by atoms with Gasteiger partial charge in [-0.1, -0.05) is 17.7 Å². The number of rotatable bonds is 1. The van der Waals surface area contributed by atoms with Crippen LogP contribution in [0.4, 0.5) is 5.69 Å². The van der Waals surface area contributed by atoms with Crippen molar-refractivity contribution in [3.63, 3.8) is 0 Å². The summed E-state index contributed by atoms with van der Waals surface area (Å²) in [4.78, 5) is 1.16. The number of nitrogens with two attached hydrogens (primary N) is 1. The van der Waals surface area contributed by atoms with Crippen molar-refractivity contribution in [3.8, 4) is 10.4 Å². The molecule has 2 N–H and O–H groups in total. The van der Waals surface area contributed by atoms with Gasteiger partial charge in [0.1, 0.15) is 0 Å². The Balaban J connectivity index is 2.51. The lowest BCUT2D eigenvalue weighted by Crippen LogP contribution is -1.86. The molecule has 1 aromatic heterocycles. The monoisotopic (exact) mass is 223 g/mol. The minimum atomic E-state index is 0.796. The van der Waals surface area contributed by atoms with Crippen LogP contribution in [0.3, 0.4) is 0 Å². The van der Waals surface area contributed by atoms with Crippen molar-refractivity contribution in [2.75, 3.05) is 5.73 Å². The first kappa shape index (κ1) is 9.56. The van der Waals surface area contributed by atoms with Crippen molar-refractivity contribution < 1.29 is 0 Å². The molecule has 0 aliphatic rings. The van der Waals surface area contributed by atoms with Crippen molar-refractivity contribution in [2.24, 2.45) is 0 Å². The van der Waals surface area contributed by atoms with Crippen molar-refractivity contribution in [2.45, 2.75) is 6.92 Å². The van der Waals surface area contributed by atoms with Crippen LogP contribution < -0.4 is 5.73 Å². The maximum absolute atomic E-state index is 5.88. The minimum Gasteiger partial charge on any atom is -0.399 e. The predicted molar refractivity (Wildman–Crippen MR) is 63.9 cm³/mol. The summed E-state index contributed by atoms with van der Waals surface area (Å²) in [6.45, 7) is 2.04. The molecule has 0 aliphatic carbocycles. The first-order chi connectivity index (χ1) is 6.65. The number of thiophene rings is 1. The SMILES string of the molecule is Cc1cc(N)cc(-c2ccc(Cl)s2)c1. The van der Waals surface area contributed by atoms with E-state index in [0.29, 0.717) is 0 Å². The van der Waals surface area contributed by atoms with Gasteiger partial charge in [-0.05, 0) is 42.3 Å². The molecule has 1 aromatic carbocycles. The highest BCUT2D eigenvalue weighted by atomic mass is 35.5. The maximum Gasteiger partial charge on any atom is 0.0934 e. The Labute approximate surface area is 92.1 Å². The fraction of sp³-hybridized carbons (Fsp3) is 0.0909. The van der Waals surface area contributed by atoms with Gasteiger partial charge in [0.2, 0.25) is 0 Å². The van der Waals surface area contributed by atoms with Crippen LogP contribution in [0.5, 0.6) is 0 Å². The van der Waals surface area contributed by atoms with E-state index in [9.17, 15) is 0 Å². The quantitative estimate of drug-likeness (QED) is 0.728. The van der Waals surface area contributed by atoms with Crippen LogP contribution in [0.2, 0.25) is 4.34 Å². The number of aryl methyl sites for hydroxylation is 1. The molecule has 1 nitrogen and oxygen atoms in total. The summed E-state index contributed by atoms with van der Waals surface area (Å²) >= 11 is 7.45. The van der Waals surface area contributed by atoms with Crippen LogP contribution in [0.15, 0.2) is 30.3 Å². The lowest BCUT2D eigenvalue weighted by molar-refractivity contribution is 1.48. The molecule has 14 heavy (non-hydrogen) atoms. The molecule has 3 heteroatoms. The average molecular weight is 224 g/mol. The van der Waals surface area contributed by atoms with Gasteiger partial charge in [-0.2, -0.15) is 0 Å². The Bertz CT molecular complexity index is 442. The van der Waals surface area contributed by atoms with E-state index in [0.717, 1.165) is 20.5 Å². The van der Waals surface area contributed by atoms with Crippen molar-refractivity contribution in [1.29, 1.82) is 0 Å². The summed E-state index contributed by atoms with van der Waals surface area (Å²) in [6.07, 6.45) is 0. The third kappa shape index (κ3) is 1.91. The van der Waals surface area contributed by atoms with E-state index in [4.69, 9.17) is 17.3 Å². The number of halogens is 1. The molecule has 0 unspecified atom stereocenters. The van der Waals surface area contributed by atoms with Crippen LogP contribution in [0, 0.1) is 6.92 Å². The number of nitrogen functional groups attached to an aromatic ring is 1. The molecule has 72 valence electrons. The number of hydrogen-bond acceptors (Lipinski definition) is 2. The first-order valence-electron chi connectivity index (χ1n) is 4.28. The molecule has 0 fully saturated rings. The normalized spacial score (nSPS) is 10.4. The first-order valence-corrected chi connectivity index (χ1v) is 5.47. The molecular formula is C11H10ClNS. The molecule has 0 saturated heterocycles. The second-order valence-corrected chi connectivity index (χ2v) is 4.95. The van der Waals surface area contributed by atoms with Gasteiger partial charge < -0.3 is 5.73 Å². The van der Waals surface area contributed by atoms with Crippen LogP contribution >= 0.6 is 22.9 Å². The lowest BCUT2D eigenvalue weighted by atomic mass is 10.1. The van der Waals surface area contributed by atoms with Gasteiger partial charge in [0.15, 0.2) is 0 Å². The lowest BCUT2D eigenvalue weighted by Gasteiger charge is -2.01. The van der Waals surface area contributed by atoms with Gasteiger partial charge in [0.25, 0.3) is 0 Å². The highest BCUT2D eigenvalue weighted by Crippen LogP contribution is 2.32. The van der Waals surface area contributed by atoms with Crippen molar-refractivity contribution in [1.82, 2.24) is 0 Å². The van der Waals surface area contributed by atoms with E-state index >= 15 is 0 Å². The molecule has 0 bridgehead atoms. The molecule has 2 aromatic rings. The molecular weight excluding hydrogens is 214 g/mol. The topological polar surface area (TPSA) is 26.0 Å². The van der Waals surface area contributed by atoms with Crippen LogP contribution in [0.1, 0.15) is 5.56 Å². The van der Waals surface area contributed by atoms with E-state index in [2.05, 4.69) is 6.07 Å². The zero-order chi connectivity index (χ0) is 10.1. The molecule has 0 aliphatic heterocycles. The third-order valence-electron chi connectivity index (χ3n) is 1.96. The molecule has 0 radical (unpaired) electrons. The zero-order valence-electron chi connectivity index (χ0n) is 7.75. The molecule has 0 saturated carbocycles. The van der Waals surface area contributed by atoms with Crippen LogP contribution in [-0.4, -0.2) is 0 Å². The van der Waals surface area contributed by atoms with Gasteiger partial charge in [0, 0.05) is 10.6 Å². The second kappa shape index (κ2) is 3.64. The standard InChI is InChI=1S/C11H10ClNS/c1-7-4-8(6-9(13)5-7)10-2-3-11(12)14-10/h2-6H,13H2,1H3. The largest absolute Gasteiger partial charge is 0.399 e. The Morgan fingerprint density at radius 2 is 2.00 bits per heavy atom. The van der Waals surface area contributed by atoms with Crippen molar-refractivity contribution in [3.05, 3.63) is 40.2 Å². The van der Waals surface area contributed by atoms with Gasteiger partial charge in [-0.15, -0.1) is 11.3 Å². The number of benzene rings is 1. The summed E-state index contributed by atoms with van der Waals surface area (Å²) in [7, 11) is 0. The maximum atomic E-state index is 5.88. The molecule has 0 amide bonds. The Kier molecular flexibility index (Phi) is 2.48. The van der Waals surface area contributed by atoms with E-state index < -0.39 is 0 Å². The molecule has 0 atom stereocenters. The predicted octanol–water partition coefficient (Wildman–Crippen LogP) is 3.96. The fourth-order valence-corrected chi connectivity index (χ4v) is 2.45. The Morgan fingerprint density at radius 3 is 2.57 bits per heavy atom. The molecule has 1 heterocycles. The summed E-state index contributed by atoms with van der Waals surface area (Å²) in [5.74, 6) is 0. The van der Waals surface area contributed by atoms with E-state index in [1.165, 1.54) is 5.56 Å². The third-order valence-corrected chi connectivity index (χ3v) is 3.24. The highest BCUT2D eigenvalue weighted by molar-refractivity contribution is 7.19. The average Bonchev–Trinajstić information content (AvgIpc) is 2.50. The van der Waals surface area contributed by atoms with E-state index in [1.807, 2.05) is 31.2 Å². The van der Waals surface area contributed by atoms with Crippen molar-refractivity contribution >= 4 is 28.6 Å². The fourth-order valence-electron chi connectivity index (χ4n) is 1.42. The van der Waals surface area contributed by atoms with Crippen LogP contribution in [0.25, 0.3) is 10.4 Å². The second-order valence-electron chi connectivity index (χ2n) is 3.24. The van der Waals surface area contributed by atoms with E-state index in [-0.39, 0.29) is 0 Å². The summed E-state index contributed by atoms with van der Waals surface area (Å²) in [5, 5.41) is 0. The van der Waals surface area contributed by atoms with E-state index in [1.54, 1.807) is 11.3 Å². The Hall–Kier alpha value is -0.990. The number of anilines is 1. The summed E-state index contributed by atoms with van der Waals surface area (Å²) in [6, 6.07) is 9.95. The molecule has 0 spiro atoms. The van der Waals surface area contributed by atoms with Gasteiger partial charge in [0.05, 0.1) is 4.34 Å². The molecule has 2 rings (SSSR count).